The summed E-state index contributed by atoms with van der Waals surface area (Å²) in [5.41, 5.74) is 2.65. The van der Waals surface area contributed by atoms with Crippen LogP contribution in [0.4, 0.5) is 15.9 Å². The minimum Gasteiger partial charge on any atom is -0.355 e. The lowest BCUT2D eigenvalue weighted by Gasteiger charge is -2.15. The normalized spacial score (nSPS) is 11.2. The highest BCUT2D eigenvalue weighted by molar-refractivity contribution is 9.10. The molecule has 0 aliphatic carbocycles. The molecule has 0 unspecified atom stereocenters. The standard InChI is InChI=1S/C18H19BrFN5O/c1-9(2)25-8-22-14-7-15(19)24-17(16(14)25)23-13-6-11(18(26)21-4)10(3)5-12(13)20/h5-9H,1-4H3,(H,21,26)(H,23,24). The third-order valence-corrected chi connectivity index (χ3v) is 4.52. The van der Waals surface area contributed by atoms with Crippen LogP contribution in [-0.4, -0.2) is 27.5 Å². The molecule has 0 aliphatic heterocycles. The van der Waals surface area contributed by atoms with Gasteiger partial charge in [0.15, 0.2) is 5.82 Å². The van der Waals surface area contributed by atoms with Gasteiger partial charge in [-0.3, -0.25) is 4.79 Å². The highest BCUT2D eigenvalue weighted by atomic mass is 79.9. The average molecular weight is 420 g/mol. The number of hydrogen-bond donors (Lipinski definition) is 2. The monoisotopic (exact) mass is 419 g/mol. The Balaban J connectivity index is 2.15. The Labute approximate surface area is 159 Å². The van der Waals surface area contributed by atoms with Gasteiger partial charge in [0.25, 0.3) is 5.91 Å². The largest absolute Gasteiger partial charge is 0.355 e. The zero-order chi connectivity index (χ0) is 19.0. The van der Waals surface area contributed by atoms with Crippen LogP contribution < -0.4 is 10.6 Å². The molecule has 0 saturated heterocycles. The van der Waals surface area contributed by atoms with E-state index in [1.807, 2.05) is 18.4 Å². The van der Waals surface area contributed by atoms with Gasteiger partial charge in [0, 0.05) is 18.7 Å². The summed E-state index contributed by atoms with van der Waals surface area (Å²) in [5, 5.41) is 5.59. The van der Waals surface area contributed by atoms with Crippen LogP contribution in [0.1, 0.15) is 35.8 Å². The second-order valence-electron chi connectivity index (χ2n) is 6.26. The van der Waals surface area contributed by atoms with Crippen LogP contribution in [0.15, 0.2) is 29.1 Å². The van der Waals surface area contributed by atoms with E-state index in [-0.39, 0.29) is 17.6 Å². The van der Waals surface area contributed by atoms with Crippen molar-refractivity contribution in [2.75, 3.05) is 12.4 Å². The molecular formula is C18H19BrFN5O. The summed E-state index contributed by atoms with van der Waals surface area (Å²) in [5.74, 6) is -0.267. The molecule has 0 saturated carbocycles. The van der Waals surface area contributed by atoms with Crippen molar-refractivity contribution < 1.29 is 9.18 Å². The predicted octanol–water partition coefficient (Wildman–Crippen LogP) is 4.33. The molecule has 1 amide bonds. The molecule has 6 nitrogen and oxygen atoms in total. The first-order chi connectivity index (χ1) is 12.3. The number of aromatic nitrogens is 3. The molecule has 136 valence electrons. The third kappa shape index (κ3) is 3.29. The predicted molar refractivity (Wildman–Crippen MR) is 103 cm³/mol. The van der Waals surface area contributed by atoms with E-state index in [4.69, 9.17) is 0 Å². The molecule has 8 heteroatoms. The van der Waals surface area contributed by atoms with Gasteiger partial charge in [0.1, 0.15) is 15.9 Å². The highest BCUT2D eigenvalue weighted by Gasteiger charge is 2.17. The van der Waals surface area contributed by atoms with Crippen molar-refractivity contribution in [1.82, 2.24) is 19.9 Å². The van der Waals surface area contributed by atoms with Crippen LogP contribution in [0.3, 0.4) is 0 Å². The molecule has 3 aromatic rings. The molecule has 1 aromatic carbocycles. The molecule has 2 aromatic heterocycles. The van der Waals surface area contributed by atoms with E-state index in [9.17, 15) is 9.18 Å². The van der Waals surface area contributed by atoms with Gasteiger partial charge in [-0.2, -0.15) is 0 Å². The Morgan fingerprint density at radius 2 is 2.04 bits per heavy atom. The fourth-order valence-electron chi connectivity index (χ4n) is 2.78. The lowest BCUT2D eigenvalue weighted by Crippen LogP contribution is -2.19. The van der Waals surface area contributed by atoms with E-state index in [2.05, 4.69) is 36.5 Å². The van der Waals surface area contributed by atoms with Crippen LogP contribution in [0.5, 0.6) is 0 Å². The van der Waals surface area contributed by atoms with Gasteiger partial charge in [-0.25, -0.2) is 14.4 Å². The van der Waals surface area contributed by atoms with Crippen molar-refractivity contribution >= 4 is 44.4 Å². The number of carbonyl (C=O) groups is 1. The lowest BCUT2D eigenvalue weighted by molar-refractivity contribution is 0.0962. The Morgan fingerprint density at radius 3 is 2.69 bits per heavy atom. The number of aryl methyl sites for hydroxylation is 1. The molecular weight excluding hydrogens is 401 g/mol. The molecule has 0 atom stereocenters. The Morgan fingerprint density at radius 1 is 1.31 bits per heavy atom. The zero-order valence-corrected chi connectivity index (χ0v) is 16.5. The van der Waals surface area contributed by atoms with Gasteiger partial charge in [-0.05, 0) is 60.5 Å². The maximum atomic E-state index is 14.5. The molecule has 2 N–H and O–H groups in total. The third-order valence-electron chi connectivity index (χ3n) is 4.12. The quantitative estimate of drug-likeness (QED) is 0.617. The maximum Gasteiger partial charge on any atom is 0.251 e. The fourth-order valence-corrected chi connectivity index (χ4v) is 3.18. The Hall–Kier alpha value is -2.48. The van der Waals surface area contributed by atoms with E-state index in [0.717, 1.165) is 11.0 Å². The summed E-state index contributed by atoms with van der Waals surface area (Å²) < 4.78 is 17.1. The second-order valence-corrected chi connectivity index (χ2v) is 7.07. The molecule has 3 rings (SSSR count). The molecule has 0 aliphatic rings. The van der Waals surface area contributed by atoms with Crippen molar-refractivity contribution in [3.63, 3.8) is 0 Å². The average Bonchev–Trinajstić information content (AvgIpc) is 3.00. The Bertz CT molecular complexity index is 999. The van der Waals surface area contributed by atoms with Crippen molar-refractivity contribution in [3.05, 3.63) is 46.1 Å². The fraction of sp³-hybridized carbons (Fsp3) is 0.278. The first-order valence-electron chi connectivity index (χ1n) is 8.14. The second kappa shape index (κ2) is 7.03. The topological polar surface area (TPSA) is 71.8 Å². The summed E-state index contributed by atoms with van der Waals surface area (Å²) in [7, 11) is 1.54. The number of nitrogens with one attached hydrogen (secondary N) is 2. The summed E-state index contributed by atoms with van der Waals surface area (Å²) in [6.45, 7) is 5.76. The van der Waals surface area contributed by atoms with E-state index in [1.165, 1.54) is 12.1 Å². The Kier molecular flexibility index (Phi) is 4.95. The first kappa shape index (κ1) is 18.3. The minimum absolute atomic E-state index is 0.160. The van der Waals surface area contributed by atoms with E-state index in [0.29, 0.717) is 21.5 Å². The highest BCUT2D eigenvalue weighted by Crippen LogP contribution is 2.30. The summed E-state index contributed by atoms with van der Waals surface area (Å²) in [6, 6.07) is 4.80. The number of nitrogens with zero attached hydrogens (tertiary/aromatic N) is 3. The van der Waals surface area contributed by atoms with E-state index >= 15 is 0 Å². The molecule has 2 heterocycles. The van der Waals surface area contributed by atoms with Gasteiger partial charge in [-0.15, -0.1) is 0 Å². The number of imidazole rings is 1. The zero-order valence-electron chi connectivity index (χ0n) is 14.9. The summed E-state index contributed by atoms with van der Waals surface area (Å²) in [4.78, 5) is 20.9. The van der Waals surface area contributed by atoms with Crippen LogP contribution in [0.25, 0.3) is 11.0 Å². The maximum absolute atomic E-state index is 14.5. The van der Waals surface area contributed by atoms with Gasteiger partial charge in [0.2, 0.25) is 0 Å². The number of anilines is 2. The van der Waals surface area contributed by atoms with Crippen molar-refractivity contribution in [3.8, 4) is 0 Å². The van der Waals surface area contributed by atoms with Crippen molar-refractivity contribution in [2.45, 2.75) is 26.8 Å². The van der Waals surface area contributed by atoms with Crippen LogP contribution in [-0.2, 0) is 0 Å². The van der Waals surface area contributed by atoms with Crippen LogP contribution in [0, 0.1) is 12.7 Å². The summed E-state index contributed by atoms with van der Waals surface area (Å²) in [6.07, 6.45) is 1.73. The van der Waals surface area contributed by atoms with Crippen LogP contribution >= 0.6 is 15.9 Å². The van der Waals surface area contributed by atoms with Gasteiger partial charge >= 0.3 is 0 Å². The number of pyridine rings is 1. The van der Waals surface area contributed by atoms with E-state index < -0.39 is 5.82 Å². The molecule has 0 spiro atoms. The van der Waals surface area contributed by atoms with Crippen molar-refractivity contribution in [1.29, 1.82) is 0 Å². The number of halogens is 2. The molecule has 0 fully saturated rings. The van der Waals surface area contributed by atoms with Crippen molar-refractivity contribution in [2.24, 2.45) is 0 Å². The van der Waals surface area contributed by atoms with Gasteiger partial charge < -0.3 is 15.2 Å². The van der Waals surface area contributed by atoms with E-state index in [1.54, 1.807) is 26.4 Å². The number of carbonyl (C=O) groups excluding carboxylic acids is 1. The lowest BCUT2D eigenvalue weighted by atomic mass is 10.1. The smallest absolute Gasteiger partial charge is 0.251 e. The molecule has 0 radical (unpaired) electrons. The summed E-state index contributed by atoms with van der Waals surface area (Å²) >= 11 is 3.36. The number of benzene rings is 1. The molecule has 0 bridgehead atoms. The van der Waals surface area contributed by atoms with Gasteiger partial charge in [-0.1, -0.05) is 0 Å². The number of fused-ring (bicyclic) bond motifs is 1. The number of hydrogen-bond acceptors (Lipinski definition) is 4. The number of rotatable bonds is 4. The number of amides is 1. The minimum atomic E-state index is -0.458. The SMILES string of the molecule is CNC(=O)c1cc(Nc2nc(Br)cc3ncn(C(C)C)c23)c(F)cc1C. The van der Waals surface area contributed by atoms with Crippen LogP contribution in [0.2, 0.25) is 0 Å². The molecule has 26 heavy (non-hydrogen) atoms. The first-order valence-corrected chi connectivity index (χ1v) is 8.93. The van der Waals surface area contributed by atoms with Gasteiger partial charge in [0.05, 0.1) is 17.5 Å².